The highest BCUT2D eigenvalue weighted by molar-refractivity contribution is 5.98. The minimum Gasteiger partial charge on any atom is -0.340 e. The number of benzene rings is 2. The predicted octanol–water partition coefficient (Wildman–Crippen LogP) is 3.52. The first-order valence-electron chi connectivity index (χ1n) is 12.6. The molecule has 0 aliphatic carbocycles. The lowest BCUT2D eigenvalue weighted by molar-refractivity contribution is -0.137. The van der Waals surface area contributed by atoms with E-state index in [0.29, 0.717) is 12.0 Å². The summed E-state index contributed by atoms with van der Waals surface area (Å²) in [5, 5.41) is 2.48. The highest BCUT2D eigenvalue weighted by atomic mass is 19.4. The first-order valence-corrected chi connectivity index (χ1v) is 12.6. The van der Waals surface area contributed by atoms with Crippen LogP contribution in [-0.4, -0.2) is 34.8 Å². The van der Waals surface area contributed by atoms with Crippen LogP contribution in [0, 0.1) is 5.92 Å². The maximum atomic E-state index is 12.8. The molecule has 0 spiro atoms. The van der Waals surface area contributed by atoms with Gasteiger partial charge in [-0.15, -0.1) is 0 Å². The Morgan fingerprint density at radius 1 is 0.878 bits per heavy atom. The summed E-state index contributed by atoms with van der Waals surface area (Å²) in [5.41, 5.74) is 9.85. The molecule has 10 nitrogen and oxygen atoms in total. The number of halogens is 3. The number of alkyl halides is 3. The molecule has 41 heavy (non-hydrogen) atoms. The molecule has 5 N–H and O–H groups in total. The summed E-state index contributed by atoms with van der Waals surface area (Å²) in [6.45, 7) is 3.46. The van der Waals surface area contributed by atoms with Crippen LogP contribution in [0.5, 0.6) is 0 Å². The molecule has 1 aromatic heterocycles. The summed E-state index contributed by atoms with van der Waals surface area (Å²) in [6.07, 6.45) is -2.46. The van der Waals surface area contributed by atoms with E-state index >= 15 is 0 Å². The minimum atomic E-state index is -4.55. The van der Waals surface area contributed by atoms with Crippen molar-refractivity contribution in [1.82, 2.24) is 32.0 Å². The fourth-order valence-corrected chi connectivity index (χ4v) is 3.69. The zero-order valence-corrected chi connectivity index (χ0v) is 22.2. The average molecular weight is 571 g/mol. The van der Waals surface area contributed by atoms with Gasteiger partial charge in [-0.3, -0.25) is 30.2 Å². The number of urea groups is 1. The van der Waals surface area contributed by atoms with E-state index in [1.165, 1.54) is 0 Å². The molecule has 2 atom stereocenters. The Balaban J connectivity index is 1.49. The lowest BCUT2D eigenvalue weighted by Gasteiger charge is -2.23. The zero-order valence-electron chi connectivity index (χ0n) is 22.2. The first kappa shape index (κ1) is 30.6. The second kappa shape index (κ2) is 13.9. The summed E-state index contributed by atoms with van der Waals surface area (Å²) >= 11 is 0. The Morgan fingerprint density at radius 2 is 1.59 bits per heavy atom. The van der Waals surface area contributed by atoms with Gasteiger partial charge in [0.1, 0.15) is 6.04 Å². The lowest BCUT2D eigenvalue weighted by Crippen LogP contribution is -2.58. The molecule has 1 heterocycles. The topological polar surface area (TPSA) is 141 Å². The quantitative estimate of drug-likeness (QED) is 0.264. The SMILES string of the molecule is CCC(C)C(NC(=O)c1ccc(C(F)(F)F)cc1)C(=O)NNC(=O)NNC(=O)Cc1cccc(-c2ccccn2)c1. The van der Waals surface area contributed by atoms with Gasteiger partial charge in [0.2, 0.25) is 5.91 Å². The number of carbonyl (C=O) groups is 4. The van der Waals surface area contributed by atoms with Gasteiger partial charge in [0.05, 0.1) is 17.7 Å². The van der Waals surface area contributed by atoms with Crippen molar-refractivity contribution in [1.29, 1.82) is 0 Å². The number of pyridine rings is 1. The minimum absolute atomic E-state index is 0.0423. The average Bonchev–Trinajstić information content (AvgIpc) is 2.97. The second-order valence-corrected chi connectivity index (χ2v) is 9.12. The molecule has 13 heteroatoms. The fourth-order valence-electron chi connectivity index (χ4n) is 3.69. The maximum absolute atomic E-state index is 12.8. The Morgan fingerprint density at radius 3 is 2.22 bits per heavy atom. The number of rotatable bonds is 8. The molecule has 0 saturated carbocycles. The molecule has 0 aliphatic heterocycles. The third-order valence-corrected chi connectivity index (χ3v) is 6.12. The van der Waals surface area contributed by atoms with Crippen molar-refractivity contribution in [2.24, 2.45) is 5.92 Å². The van der Waals surface area contributed by atoms with Crippen LogP contribution in [0.3, 0.4) is 0 Å². The van der Waals surface area contributed by atoms with E-state index in [9.17, 15) is 32.3 Å². The van der Waals surface area contributed by atoms with Crippen LogP contribution < -0.4 is 27.0 Å². The molecule has 0 aliphatic rings. The third-order valence-electron chi connectivity index (χ3n) is 6.12. The van der Waals surface area contributed by atoms with Crippen LogP contribution in [0.15, 0.2) is 72.9 Å². The lowest BCUT2D eigenvalue weighted by atomic mass is 9.98. The number of carbonyl (C=O) groups excluding carboxylic acids is 4. The van der Waals surface area contributed by atoms with Crippen LogP contribution in [0.1, 0.15) is 41.8 Å². The maximum Gasteiger partial charge on any atom is 0.416 e. The Labute approximate surface area is 234 Å². The van der Waals surface area contributed by atoms with Gasteiger partial charge in [-0.1, -0.05) is 44.5 Å². The fraction of sp³-hybridized carbons (Fsp3) is 0.250. The summed E-state index contributed by atoms with van der Waals surface area (Å²) in [6, 6.07) is 14.2. The van der Waals surface area contributed by atoms with Gasteiger partial charge < -0.3 is 5.32 Å². The highest BCUT2D eigenvalue weighted by Gasteiger charge is 2.31. The molecule has 3 rings (SSSR count). The number of hydrazine groups is 2. The molecule has 0 saturated heterocycles. The van der Waals surface area contributed by atoms with Gasteiger partial charge in [0.15, 0.2) is 0 Å². The number of nitrogens with zero attached hydrogens (tertiary/aromatic N) is 1. The van der Waals surface area contributed by atoms with Crippen LogP contribution in [0.25, 0.3) is 11.3 Å². The molecule has 5 amide bonds. The van der Waals surface area contributed by atoms with Gasteiger partial charge >= 0.3 is 12.2 Å². The van der Waals surface area contributed by atoms with Crippen molar-refractivity contribution in [3.05, 3.63) is 89.6 Å². The monoisotopic (exact) mass is 570 g/mol. The van der Waals surface area contributed by atoms with E-state index in [-0.39, 0.29) is 17.9 Å². The van der Waals surface area contributed by atoms with Gasteiger partial charge in [-0.25, -0.2) is 15.6 Å². The summed E-state index contributed by atoms with van der Waals surface area (Å²) in [4.78, 5) is 54.0. The molecular formula is C28H29F3N6O4. The van der Waals surface area contributed by atoms with Crippen LogP contribution in [-0.2, 0) is 22.2 Å². The summed E-state index contributed by atoms with van der Waals surface area (Å²) < 4.78 is 38.4. The Kier molecular flexibility index (Phi) is 10.4. The molecule has 0 bridgehead atoms. The number of hydrogen-bond donors (Lipinski definition) is 5. The molecule has 0 fully saturated rings. The van der Waals surface area contributed by atoms with Gasteiger partial charge in [0, 0.05) is 17.3 Å². The van der Waals surface area contributed by atoms with Gasteiger partial charge in [0.25, 0.3) is 11.8 Å². The van der Waals surface area contributed by atoms with Gasteiger partial charge in [-0.2, -0.15) is 13.2 Å². The predicted molar refractivity (Wildman–Crippen MR) is 143 cm³/mol. The standard InChI is InChI=1S/C28H29F3N6O4/c1-3-17(2)24(33-25(39)19-10-12-21(13-11-19)28(29,30)31)26(40)35-37-27(41)36-34-23(38)16-18-7-6-8-20(15-18)22-9-4-5-14-32-22/h4-15,17,24H,3,16H2,1-2H3,(H,33,39)(H,34,38)(H,35,40)(H2,36,37,41). The van der Waals surface area contributed by atoms with Crippen molar-refractivity contribution in [3.8, 4) is 11.3 Å². The van der Waals surface area contributed by atoms with Crippen molar-refractivity contribution in [2.75, 3.05) is 0 Å². The summed E-state index contributed by atoms with van der Waals surface area (Å²) in [5.74, 6) is -2.44. The van der Waals surface area contributed by atoms with E-state index in [0.717, 1.165) is 35.5 Å². The Bertz CT molecular complexity index is 1370. The molecule has 3 aromatic rings. The number of amides is 5. The van der Waals surface area contributed by atoms with Crippen molar-refractivity contribution in [3.63, 3.8) is 0 Å². The normalized spacial score (nSPS) is 12.4. The molecule has 0 radical (unpaired) electrons. The van der Waals surface area contributed by atoms with E-state index < -0.39 is 41.5 Å². The highest BCUT2D eigenvalue weighted by Crippen LogP contribution is 2.29. The van der Waals surface area contributed by atoms with Crippen molar-refractivity contribution < 1.29 is 32.3 Å². The first-order chi connectivity index (χ1) is 19.5. The molecular weight excluding hydrogens is 541 g/mol. The summed E-state index contributed by atoms with van der Waals surface area (Å²) in [7, 11) is 0. The van der Waals surface area contributed by atoms with E-state index in [4.69, 9.17) is 0 Å². The largest absolute Gasteiger partial charge is 0.416 e. The van der Waals surface area contributed by atoms with Crippen LogP contribution in [0.2, 0.25) is 0 Å². The Hall–Kier alpha value is -4.94. The van der Waals surface area contributed by atoms with E-state index in [1.54, 1.807) is 44.3 Å². The second-order valence-electron chi connectivity index (χ2n) is 9.12. The van der Waals surface area contributed by atoms with Crippen molar-refractivity contribution in [2.45, 2.75) is 38.9 Å². The van der Waals surface area contributed by atoms with Gasteiger partial charge in [-0.05, 0) is 53.9 Å². The van der Waals surface area contributed by atoms with E-state index in [2.05, 4.69) is 32.0 Å². The number of aromatic nitrogens is 1. The zero-order chi connectivity index (χ0) is 30.0. The molecule has 2 unspecified atom stereocenters. The van der Waals surface area contributed by atoms with Crippen molar-refractivity contribution >= 4 is 23.8 Å². The number of hydrogen-bond acceptors (Lipinski definition) is 5. The van der Waals surface area contributed by atoms with Crippen LogP contribution in [0.4, 0.5) is 18.0 Å². The van der Waals surface area contributed by atoms with Crippen LogP contribution >= 0.6 is 0 Å². The molecule has 216 valence electrons. The number of nitrogens with one attached hydrogen (secondary N) is 5. The smallest absolute Gasteiger partial charge is 0.340 e. The molecule has 2 aromatic carbocycles. The third kappa shape index (κ3) is 9.05. The van der Waals surface area contributed by atoms with E-state index in [1.807, 2.05) is 18.2 Å².